The predicted molar refractivity (Wildman–Crippen MR) is 47.6 cm³/mol. The fourth-order valence-electron chi connectivity index (χ4n) is 1.84. The van der Waals surface area contributed by atoms with E-state index in [0.717, 1.165) is 11.8 Å². The van der Waals surface area contributed by atoms with E-state index >= 15 is 0 Å². The molecule has 0 spiro atoms. The first-order valence-corrected chi connectivity index (χ1v) is 4.80. The molecule has 0 amide bonds. The van der Waals surface area contributed by atoms with Gasteiger partial charge in [0.2, 0.25) is 0 Å². The molecule has 0 N–H and O–H groups in total. The van der Waals surface area contributed by atoms with Crippen molar-refractivity contribution in [2.75, 3.05) is 0 Å². The van der Waals surface area contributed by atoms with Crippen LogP contribution >= 0.6 is 0 Å². The van der Waals surface area contributed by atoms with E-state index in [4.69, 9.17) is 4.74 Å². The highest BCUT2D eigenvalue weighted by molar-refractivity contribution is 4.77. The van der Waals surface area contributed by atoms with Crippen LogP contribution in [0, 0.1) is 11.8 Å². The lowest BCUT2D eigenvalue weighted by Gasteiger charge is -2.37. The van der Waals surface area contributed by atoms with Gasteiger partial charge in [-0.3, -0.25) is 0 Å². The molecule has 0 aromatic carbocycles. The molecule has 0 aromatic rings. The first-order valence-electron chi connectivity index (χ1n) is 4.80. The van der Waals surface area contributed by atoms with Crippen LogP contribution in [-0.2, 0) is 4.74 Å². The first-order chi connectivity index (χ1) is 5.15. The Bertz CT molecular complexity index is 110. The van der Waals surface area contributed by atoms with Crippen LogP contribution in [0.3, 0.4) is 0 Å². The van der Waals surface area contributed by atoms with Gasteiger partial charge in [-0.1, -0.05) is 20.8 Å². The van der Waals surface area contributed by atoms with Gasteiger partial charge in [-0.25, -0.2) is 0 Å². The Labute approximate surface area is 70.1 Å². The summed E-state index contributed by atoms with van der Waals surface area (Å²) in [7, 11) is 0. The quantitative estimate of drug-likeness (QED) is 0.567. The third-order valence-corrected chi connectivity index (χ3v) is 3.14. The van der Waals surface area contributed by atoms with Crippen LogP contribution in [0.5, 0.6) is 0 Å². The van der Waals surface area contributed by atoms with Crippen molar-refractivity contribution in [2.45, 2.75) is 52.7 Å². The molecule has 0 aliphatic carbocycles. The molecule has 4 atom stereocenters. The summed E-state index contributed by atoms with van der Waals surface area (Å²) in [6.45, 7) is 9.04. The molecule has 11 heavy (non-hydrogen) atoms. The minimum absolute atomic E-state index is 0.462. The summed E-state index contributed by atoms with van der Waals surface area (Å²) in [6.07, 6.45) is 3.41. The maximum Gasteiger partial charge on any atom is 0.0579 e. The topological polar surface area (TPSA) is 9.23 Å². The Kier molecular flexibility index (Phi) is 2.94. The highest BCUT2D eigenvalue weighted by atomic mass is 16.5. The molecular formula is C10H20O. The summed E-state index contributed by atoms with van der Waals surface area (Å²) in [6, 6.07) is 0. The monoisotopic (exact) mass is 156 g/mol. The second-order valence-corrected chi connectivity index (χ2v) is 3.94. The summed E-state index contributed by atoms with van der Waals surface area (Å²) in [5, 5.41) is 0. The lowest BCUT2D eigenvalue weighted by molar-refractivity contribution is -0.0921. The standard InChI is InChI=1S/C10H20O/c1-5-10-6-7(2)8(3)9(4)11-10/h7-10H,5-6H2,1-4H3/t7-,8?,9?,10?/m0/s1. The number of ether oxygens (including phenoxy) is 1. The highest BCUT2D eigenvalue weighted by Crippen LogP contribution is 2.30. The van der Waals surface area contributed by atoms with Gasteiger partial charge in [-0.05, 0) is 31.6 Å². The smallest absolute Gasteiger partial charge is 0.0579 e. The van der Waals surface area contributed by atoms with Gasteiger partial charge in [0.15, 0.2) is 0 Å². The van der Waals surface area contributed by atoms with Crippen molar-refractivity contribution in [3.8, 4) is 0 Å². The van der Waals surface area contributed by atoms with Gasteiger partial charge >= 0.3 is 0 Å². The van der Waals surface area contributed by atoms with E-state index < -0.39 is 0 Å². The van der Waals surface area contributed by atoms with Gasteiger partial charge < -0.3 is 4.74 Å². The fourth-order valence-corrected chi connectivity index (χ4v) is 1.84. The lowest BCUT2D eigenvalue weighted by atomic mass is 9.84. The minimum atomic E-state index is 0.462. The van der Waals surface area contributed by atoms with Crippen LogP contribution in [0.15, 0.2) is 0 Å². The second kappa shape index (κ2) is 3.57. The van der Waals surface area contributed by atoms with Crippen LogP contribution in [0.1, 0.15) is 40.5 Å². The normalized spacial score (nSPS) is 45.8. The SMILES string of the molecule is CCC1C[C@H](C)C(C)C(C)O1. The number of hydrogen-bond acceptors (Lipinski definition) is 1. The zero-order valence-electron chi connectivity index (χ0n) is 8.13. The van der Waals surface area contributed by atoms with Gasteiger partial charge in [-0.2, -0.15) is 0 Å². The molecule has 3 unspecified atom stereocenters. The molecule has 1 heterocycles. The molecule has 1 heteroatoms. The maximum atomic E-state index is 5.82. The maximum absolute atomic E-state index is 5.82. The Morgan fingerprint density at radius 2 is 1.91 bits per heavy atom. The number of hydrogen-bond donors (Lipinski definition) is 0. The van der Waals surface area contributed by atoms with E-state index in [1.165, 1.54) is 12.8 Å². The third kappa shape index (κ3) is 1.96. The molecule has 1 nitrogen and oxygen atoms in total. The van der Waals surface area contributed by atoms with E-state index in [0.29, 0.717) is 12.2 Å². The summed E-state index contributed by atoms with van der Waals surface area (Å²) >= 11 is 0. The van der Waals surface area contributed by atoms with Gasteiger partial charge in [-0.15, -0.1) is 0 Å². The van der Waals surface area contributed by atoms with Crippen molar-refractivity contribution < 1.29 is 4.74 Å². The van der Waals surface area contributed by atoms with Crippen molar-refractivity contribution in [1.29, 1.82) is 0 Å². The summed E-state index contributed by atoms with van der Waals surface area (Å²) in [4.78, 5) is 0. The zero-order chi connectivity index (χ0) is 8.43. The van der Waals surface area contributed by atoms with Gasteiger partial charge in [0.25, 0.3) is 0 Å². The molecule has 1 aliphatic rings. The van der Waals surface area contributed by atoms with Crippen LogP contribution in [0.2, 0.25) is 0 Å². The van der Waals surface area contributed by atoms with Crippen LogP contribution < -0.4 is 0 Å². The van der Waals surface area contributed by atoms with Crippen LogP contribution in [0.25, 0.3) is 0 Å². The van der Waals surface area contributed by atoms with Crippen molar-refractivity contribution in [1.82, 2.24) is 0 Å². The van der Waals surface area contributed by atoms with E-state index in [2.05, 4.69) is 27.7 Å². The van der Waals surface area contributed by atoms with E-state index in [1.54, 1.807) is 0 Å². The van der Waals surface area contributed by atoms with Gasteiger partial charge in [0.1, 0.15) is 0 Å². The van der Waals surface area contributed by atoms with Gasteiger partial charge in [0.05, 0.1) is 12.2 Å². The van der Waals surface area contributed by atoms with Crippen molar-refractivity contribution in [2.24, 2.45) is 11.8 Å². The lowest BCUT2D eigenvalue weighted by Crippen LogP contribution is -2.36. The van der Waals surface area contributed by atoms with E-state index in [9.17, 15) is 0 Å². The van der Waals surface area contributed by atoms with E-state index in [1.807, 2.05) is 0 Å². The molecule has 1 saturated heterocycles. The second-order valence-electron chi connectivity index (χ2n) is 3.94. The molecule has 0 aromatic heterocycles. The van der Waals surface area contributed by atoms with Crippen molar-refractivity contribution in [3.05, 3.63) is 0 Å². The van der Waals surface area contributed by atoms with Crippen LogP contribution in [-0.4, -0.2) is 12.2 Å². The molecule has 0 saturated carbocycles. The fraction of sp³-hybridized carbons (Fsp3) is 1.00. The Balaban J connectivity index is 2.47. The Morgan fingerprint density at radius 3 is 2.36 bits per heavy atom. The highest BCUT2D eigenvalue weighted by Gasteiger charge is 2.29. The predicted octanol–water partition coefficient (Wildman–Crippen LogP) is 2.85. The minimum Gasteiger partial charge on any atom is -0.375 e. The third-order valence-electron chi connectivity index (χ3n) is 3.14. The average Bonchev–Trinajstić information content (AvgIpc) is 1.99. The summed E-state index contributed by atoms with van der Waals surface area (Å²) in [5.41, 5.74) is 0. The van der Waals surface area contributed by atoms with E-state index in [-0.39, 0.29) is 0 Å². The molecule has 66 valence electrons. The van der Waals surface area contributed by atoms with Crippen molar-refractivity contribution in [3.63, 3.8) is 0 Å². The molecule has 1 fully saturated rings. The molecule has 1 rings (SSSR count). The van der Waals surface area contributed by atoms with Gasteiger partial charge in [0, 0.05) is 0 Å². The zero-order valence-corrected chi connectivity index (χ0v) is 8.13. The molecular weight excluding hydrogens is 136 g/mol. The summed E-state index contributed by atoms with van der Waals surface area (Å²) < 4.78 is 5.82. The van der Waals surface area contributed by atoms with Crippen LogP contribution in [0.4, 0.5) is 0 Å². The summed E-state index contributed by atoms with van der Waals surface area (Å²) in [5.74, 6) is 1.57. The molecule has 0 bridgehead atoms. The Morgan fingerprint density at radius 1 is 1.27 bits per heavy atom. The number of rotatable bonds is 1. The molecule has 1 aliphatic heterocycles. The average molecular weight is 156 g/mol. The largest absolute Gasteiger partial charge is 0.375 e. The van der Waals surface area contributed by atoms with Crippen molar-refractivity contribution >= 4 is 0 Å². The Hall–Kier alpha value is -0.0400. The molecule has 0 radical (unpaired) electrons. The first kappa shape index (κ1) is 9.05.